The molecule has 1 aliphatic heterocycles. The molecule has 0 fully saturated rings. The van der Waals surface area contributed by atoms with Gasteiger partial charge in [-0.25, -0.2) is 9.67 Å². The first-order chi connectivity index (χ1) is 7.79. The van der Waals surface area contributed by atoms with Gasteiger partial charge in [-0.1, -0.05) is 12.1 Å². The van der Waals surface area contributed by atoms with Crippen molar-refractivity contribution in [1.29, 1.82) is 5.26 Å². The van der Waals surface area contributed by atoms with Crippen LogP contribution in [0.25, 0.3) is 5.69 Å². The first-order valence-corrected chi connectivity index (χ1v) is 4.96. The normalized spacial score (nSPS) is 12.9. The van der Waals surface area contributed by atoms with Gasteiger partial charge >= 0.3 is 0 Å². The number of aromatic nitrogens is 3. The van der Waals surface area contributed by atoms with Gasteiger partial charge in [0.1, 0.15) is 6.07 Å². The number of anilines is 1. The van der Waals surface area contributed by atoms with E-state index in [9.17, 15) is 0 Å². The molecule has 0 bridgehead atoms. The molecule has 0 radical (unpaired) electrons. The molecule has 1 aromatic heterocycles. The van der Waals surface area contributed by atoms with E-state index < -0.39 is 0 Å². The van der Waals surface area contributed by atoms with E-state index >= 15 is 0 Å². The summed E-state index contributed by atoms with van der Waals surface area (Å²) < 4.78 is 1.74. The molecule has 3 rings (SSSR count). The molecule has 5 heteroatoms. The van der Waals surface area contributed by atoms with Gasteiger partial charge in [0.15, 0.2) is 5.82 Å². The Kier molecular flexibility index (Phi) is 1.71. The predicted molar refractivity (Wildman–Crippen MR) is 58.2 cm³/mol. The van der Waals surface area contributed by atoms with Gasteiger partial charge in [-0.15, -0.1) is 5.10 Å². The van der Waals surface area contributed by atoms with Crippen molar-refractivity contribution in [2.75, 3.05) is 11.9 Å². The Balaban J connectivity index is 2.27. The second kappa shape index (κ2) is 3.07. The van der Waals surface area contributed by atoms with Gasteiger partial charge < -0.3 is 4.90 Å². The zero-order valence-corrected chi connectivity index (χ0v) is 8.75. The number of hydrogen-bond donors (Lipinski definition) is 0. The maximum Gasteiger partial charge on any atom is 0.252 e. The summed E-state index contributed by atoms with van der Waals surface area (Å²) >= 11 is 0. The number of fused-ring (bicyclic) bond motifs is 3. The van der Waals surface area contributed by atoms with Crippen molar-refractivity contribution < 1.29 is 0 Å². The maximum atomic E-state index is 8.80. The van der Waals surface area contributed by atoms with Crippen LogP contribution in [0.5, 0.6) is 0 Å². The van der Waals surface area contributed by atoms with Crippen LogP contribution in [0.4, 0.5) is 5.69 Å². The molecule has 2 aromatic rings. The standard InChI is InChI=1S/C11H9N5/c1-15-7-11-13-10(6-12)14-16(11)9-5-3-2-4-8(9)15/h2-5H,7H2,1H3. The van der Waals surface area contributed by atoms with E-state index in [2.05, 4.69) is 15.0 Å². The van der Waals surface area contributed by atoms with Crippen molar-refractivity contribution in [3.63, 3.8) is 0 Å². The van der Waals surface area contributed by atoms with Gasteiger partial charge in [0.25, 0.3) is 5.82 Å². The van der Waals surface area contributed by atoms with Crippen LogP contribution in [0, 0.1) is 11.3 Å². The summed E-state index contributed by atoms with van der Waals surface area (Å²) in [6.45, 7) is 0.672. The fraction of sp³-hybridized carbons (Fsp3) is 0.182. The largest absolute Gasteiger partial charge is 0.365 e. The van der Waals surface area contributed by atoms with Crippen LogP contribution in [0.3, 0.4) is 0 Å². The summed E-state index contributed by atoms with van der Waals surface area (Å²) in [4.78, 5) is 6.27. The molecule has 78 valence electrons. The van der Waals surface area contributed by atoms with Crippen LogP contribution < -0.4 is 4.90 Å². The van der Waals surface area contributed by atoms with Crippen LogP contribution in [-0.2, 0) is 6.54 Å². The number of rotatable bonds is 0. The summed E-state index contributed by atoms with van der Waals surface area (Å²) in [6.07, 6.45) is 0. The van der Waals surface area contributed by atoms with E-state index in [0.717, 1.165) is 17.2 Å². The fourth-order valence-corrected chi connectivity index (χ4v) is 1.95. The summed E-state index contributed by atoms with van der Waals surface area (Å²) in [5.74, 6) is 1.03. The van der Waals surface area contributed by atoms with Gasteiger partial charge in [-0.2, -0.15) is 5.26 Å². The Morgan fingerprint density at radius 3 is 2.81 bits per heavy atom. The van der Waals surface area contributed by atoms with Crippen molar-refractivity contribution in [1.82, 2.24) is 14.8 Å². The third-order valence-electron chi connectivity index (χ3n) is 2.67. The zero-order chi connectivity index (χ0) is 11.1. The van der Waals surface area contributed by atoms with Crippen molar-refractivity contribution in [3.05, 3.63) is 35.9 Å². The van der Waals surface area contributed by atoms with Gasteiger partial charge in [-0.3, -0.25) is 0 Å². The van der Waals surface area contributed by atoms with E-state index in [-0.39, 0.29) is 5.82 Å². The molecule has 0 N–H and O–H groups in total. The first-order valence-electron chi connectivity index (χ1n) is 4.96. The van der Waals surface area contributed by atoms with Crippen molar-refractivity contribution in [2.24, 2.45) is 0 Å². The van der Waals surface area contributed by atoms with E-state index in [4.69, 9.17) is 5.26 Å². The van der Waals surface area contributed by atoms with E-state index in [1.807, 2.05) is 37.4 Å². The van der Waals surface area contributed by atoms with Gasteiger partial charge in [0, 0.05) is 7.05 Å². The second-order valence-corrected chi connectivity index (χ2v) is 3.72. The highest BCUT2D eigenvalue weighted by Gasteiger charge is 2.22. The summed E-state index contributed by atoms with van der Waals surface area (Å²) in [6, 6.07) is 9.92. The third-order valence-corrected chi connectivity index (χ3v) is 2.67. The second-order valence-electron chi connectivity index (χ2n) is 3.72. The minimum atomic E-state index is 0.222. The quantitative estimate of drug-likeness (QED) is 0.654. The number of nitriles is 1. The minimum absolute atomic E-state index is 0.222. The van der Waals surface area contributed by atoms with E-state index in [1.54, 1.807) is 4.68 Å². The van der Waals surface area contributed by atoms with E-state index in [0.29, 0.717) is 6.54 Å². The maximum absolute atomic E-state index is 8.80. The van der Waals surface area contributed by atoms with Gasteiger partial charge in [-0.05, 0) is 12.1 Å². The monoisotopic (exact) mass is 211 g/mol. The average Bonchev–Trinajstić information content (AvgIpc) is 2.72. The molecular weight excluding hydrogens is 202 g/mol. The van der Waals surface area contributed by atoms with Crippen LogP contribution >= 0.6 is 0 Å². The molecule has 5 nitrogen and oxygen atoms in total. The number of hydrogen-bond acceptors (Lipinski definition) is 4. The van der Waals surface area contributed by atoms with Gasteiger partial charge in [0.2, 0.25) is 0 Å². The lowest BCUT2D eigenvalue weighted by molar-refractivity contribution is 0.724. The Labute approximate surface area is 92.6 Å². The SMILES string of the molecule is CN1Cc2nc(C#N)nn2-c2ccccc21. The molecule has 0 aliphatic carbocycles. The topological polar surface area (TPSA) is 57.7 Å². The Morgan fingerprint density at radius 1 is 1.31 bits per heavy atom. The summed E-state index contributed by atoms with van der Waals surface area (Å²) in [7, 11) is 2.00. The Bertz CT molecular complexity index is 593. The summed E-state index contributed by atoms with van der Waals surface area (Å²) in [5.41, 5.74) is 2.07. The predicted octanol–water partition coefficient (Wildman–Crippen LogP) is 1.09. The fourth-order valence-electron chi connectivity index (χ4n) is 1.95. The number of para-hydroxylation sites is 2. The molecule has 1 aromatic carbocycles. The lowest BCUT2D eigenvalue weighted by atomic mass is 10.2. The lowest BCUT2D eigenvalue weighted by Crippen LogP contribution is -2.26. The van der Waals surface area contributed by atoms with Crippen molar-refractivity contribution >= 4 is 5.69 Å². The first kappa shape index (κ1) is 8.92. The summed E-state index contributed by atoms with van der Waals surface area (Å²) in [5, 5.41) is 13.0. The Morgan fingerprint density at radius 2 is 2.06 bits per heavy atom. The number of benzene rings is 1. The van der Waals surface area contributed by atoms with Crippen molar-refractivity contribution in [3.8, 4) is 11.8 Å². The molecule has 0 saturated heterocycles. The molecule has 0 unspecified atom stereocenters. The van der Waals surface area contributed by atoms with Crippen LogP contribution in [-0.4, -0.2) is 21.8 Å². The van der Waals surface area contributed by atoms with Gasteiger partial charge in [0.05, 0.1) is 17.9 Å². The average molecular weight is 211 g/mol. The third kappa shape index (κ3) is 1.10. The minimum Gasteiger partial charge on any atom is -0.365 e. The molecule has 0 saturated carbocycles. The lowest BCUT2D eigenvalue weighted by Gasteiger charge is -2.26. The van der Waals surface area contributed by atoms with E-state index in [1.165, 1.54) is 0 Å². The molecule has 2 heterocycles. The molecule has 16 heavy (non-hydrogen) atoms. The highest BCUT2D eigenvalue weighted by atomic mass is 15.4. The van der Waals surface area contributed by atoms with Crippen LogP contribution in [0.1, 0.15) is 11.6 Å². The van der Waals surface area contributed by atoms with Crippen LogP contribution in [0.2, 0.25) is 0 Å². The number of nitrogens with zero attached hydrogens (tertiary/aromatic N) is 5. The molecule has 0 amide bonds. The molecule has 1 aliphatic rings. The zero-order valence-electron chi connectivity index (χ0n) is 8.75. The highest BCUT2D eigenvalue weighted by Crippen LogP contribution is 2.29. The highest BCUT2D eigenvalue weighted by molar-refractivity contribution is 5.64. The van der Waals surface area contributed by atoms with Crippen molar-refractivity contribution in [2.45, 2.75) is 6.54 Å². The van der Waals surface area contributed by atoms with Crippen LogP contribution in [0.15, 0.2) is 24.3 Å². The Hall–Kier alpha value is -2.35. The molecular formula is C11H9N5. The molecule has 0 spiro atoms. The molecule has 0 atom stereocenters. The smallest absolute Gasteiger partial charge is 0.252 e.